The first-order valence-electron chi connectivity index (χ1n) is 10.1. The van der Waals surface area contributed by atoms with Gasteiger partial charge >= 0.3 is 0 Å². The van der Waals surface area contributed by atoms with E-state index in [-0.39, 0.29) is 36.5 Å². The van der Waals surface area contributed by atoms with Crippen molar-refractivity contribution < 1.29 is 27.1 Å². The molecule has 32 heavy (non-hydrogen) atoms. The molecule has 5 nitrogen and oxygen atoms in total. The van der Waals surface area contributed by atoms with Crippen LogP contribution in [0.25, 0.3) is 5.65 Å². The van der Waals surface area contributed by atoms with Gasteiger partial charge in [0.25, 0.3) is 0 Å². The molecule has 0 aliphatic rings. The van der Waals surface area contributed by atoms with Crippen LogP contribution in [0.1, 0.15) is 53.5 Å². The van der Waals surface area contributed by atoms with Crippen LogP contribution in [0.2, 0.25) is 0 Å². The second-order valence-electron chi connectivity index (χ2n) is 8.28. The van der Waals surface area contributed by atoms with Crippen LogP contribution in [0.3, 0.4) is 0 Å². The highest BCUT2D eigenvalue weighted by molar-refractivity contribution is 5.96. The Morgan fingerprint density at radius 1 is 1.25 bits per heavy atom. The van der Waals surface area contributed by atoms with E-state index in [0.717, 1.165) is 17.7 Å². The van der Waals surface area contributed by atoms with Gasteiger partial charge in [-0.25, -0.2) is 22.5 Å². The number of hydrogen-bond donors (Lipinski definition) is 1. The fourth-order valence-electron chi connectivity index (χ4n) is 3.59. The van der Waals surface area contributed by atoms with Crippen molar-refractivity contribution >= 4 is 11.4 Å². The predicted octanol–water partition coefficient (Wildman–Crippen LogP) is 5.14. The van der Waals surface area contributed by atoms with Gasteiger partial charge in [-0.3, -0.25) is 9.20 Å². The summed E-state index contributed by atoms with van der Waals surface area (Å²) in [6, 6.07) is 5.21. The highest BCUT2D eigenvalue weighted by atomic mass is 19.3. The van der Waals surface area contributed by atoms with E-state index in [2.05, 4.69) is 4.98 Å². The Morgan fingerprint density at radius 3 is 2.53 bits per heavy atom. The Hall–Kier alpha value is -2.94. The maximum Gasteiger partial charge on any atom is 0.240 e. The van der Waals surface area contributed by atoms with E-state index in [1.54, 1.807) is 30.5 Å². The zero-order chi connectivity index (χ0) is 23.6. The first-order valence-corrected chi connectivity index (χ1v) is 10.1. The van der Waals surface area contributed by atoms with Crippen molar-refractivity contribution in [1.29, 1.82) is 0 Å². The second kappa shape index (κ2) is 9.28. The Labute approximate surface area is 183 Å². The number of halogens is 4. The van der Waals surface area contributed by atoms with Crippen LogP contribution in [-0.4, -0.2) is 27.1 Å². The minimum atomic E-state index is -2.56. The number of aryl methyl sites for hydroxylation is 2. The van der Waals surface area contributed by atoms with Crippen LogP contribution in [-0.2, 0) is 6.61 Å². The third-order valence-corrected chi connectivity index (χ3v) is 5.24. The summed E-state index contributed by atoms with van der Waals surface area (Å²) in [5, 5.41) is 0. The van der Waals surface area contributed by atoms with E-state index >= 15 is 0 Å². The van der Waals surface area contributed by atoms with Crippen LogP contribution in [0.4, 0.5) is 17.6 Å². The van der Waals surface area contributed by atoms with Crippen molar-refractivity contribution in [3.05, 3.63) is 64.6 Å². The van der Waals surface area contributed by atoms with E-state index < -0.39 is 30.0 Å². The van der Waals surface area contributed by atoms with Crippen molar-refractivity contribution in [2.75, 3.05) is 0 Å². The summed E-state index contributed by atoms with van der Waals surface area (Å²) in [5.41, 5.74) is 6.28. The number of rotatable bonds is 9. The van der Waals surface area contributed by atoms with E-state index in [0.29, 0.717) is 17.0 Å². The maximum atomic E-state index is 13.9. The molecule has 0 saturated heterocycles. The Balaban J connectivity index is 1.88. The van der Waals surface area contributed by atoms with Crippen molar-refractivity contribution in [2.24, 2.45) is 5.73 Å². The minimum absolute atomic E-state index is 0.0288. The van der Waals surface area contributed by atoms with Crippen molar-refractivity contribution in [3.8, 4) is 5.75 Å². The average molecular weight is 451 g/mol. The maximum absolute atomic E-state index is 13.9. The monoisotopic (exact) mass is 451 g/mol. The van der Waals surface area contributed by atoms with Gasteiger partial charge in [-0.05, 0) is 51.0 Å². The van der Waals surface area contributed by atoms with Gasteiger partial charge in [0.2, 0.25) is 6.43 Å². The van der Waals surface area contributed by atoms with Gasteiger partial charge in [-0.1, -0.05) is 6.07 Å². The molecule has 0 aliphatic heterocycles. The molecule has 3 rings (SSSR count). The van der Waals surface area contributed by atoms with Crippen LogP contribution in [0.5, 0.6) is 5.75 Å². The third kappa shape index (κ3) is 5.27. The third-order valence-electron chi connectivity index (χ3n) is 5.24. The van der Waals surface area contributed by atoms with Gasteiger partial charge in [-0.15, -0.1) is 0 Å². The van der Waals surface area contributed by atoms with Crippen LogP contribution in [0.15, 0.2) is 30.5 Å². The Morgan fingerprint density at radius 2 is 1.91 bits per heavy atom. The summed E-state index contributed by atoms with van der Waals surface area (Å²) in [6.07, 6.45) is -1.31. The number of hydrogen-bond acceptors (Lipinski definition) is 4. The number of carbonyl (C=O) groups excluding carboxylic acids is 1. The van der Waals surface area contributed by atoms with Gasteiger partial charge < -0.3 is 10.5 Å². The lowest BCUT2D eigenvalue weighted by atomic mass is 9.91. The first kappa shape index (κ1) is 23.7. The quantitative estimate of drug-likeness (QED) is 0.361. The van der Waals surface area contributed by atoms with Gasteiger partial charge in [0, 0.05) is 24.6 Å². The molecule has 0 radical (unpaired) electrons. The van der Waals surface area contributed by atoms with E-state index in [1.165, 1.54) is 13.0 Å². The first-order chi connectivity index (χ1) is 15.0. The Bertz CT molecular complexity index is 1120. The van der Waals surface area contributed by atoms with Gasteiger partial charge in [0.05, 0.1) is 11.3 Å². The largest absolute Gasteiger partial charge is 0.485 e. The summed E-state index contributed by atoms with van der Waals surface area (Å²) in [6.45, 7) is 4.56. The number of carbonyl (C=O) groups is 1. The number of ether oxygens (including phenoxy) is 1. The Kier molecular flexibility index (Phi) is 6.88. The molecular formula is C23H25F4N3O2. The number of nitrogens with two attached hydrogens (primary N) is 1. The summed E-state index contributed by atoms with van der Waals surface area (Å²) >= 11 is 0. The smallest absolute Gasteiger partial charge is 0.240 e. The van der Waals surface area contributed by atoms with E-state index in [4.69, 9.17) is 10.5 Å². The predicted molar refractivity (Wildman–Crippen MR) is 112 cm³/mol. The molecule has 2 heterocycles. The van der Waals surface area contributed by atoms with Gasteiger partial charge in [0.15, 0.2) is 17.2 Å². The normalized spacial score (nSPS) is 13.5. The molecule has 172 valence electrons. The molecule has 3 aromatic rings. The molecule has 1 aromatic carbocycles. The molecule has 0 saturated carbocycles. The van der Waals surface area contributed by atoms with Crippen LogP contribution in [0, 0.1) is 25.5 Å². The molecule has 0 bridgehead atoms. The number of imidazole rings is 1. The number of benzene rings is 1. The number of ketones is 1. The SMILES string of the molecule is Cc1cc(OCc2c(F)cccc2F)c2nc(C)c(C(=O)CCC(C)(N)CC(F)F)n2c1. The highest BCUT2D eigenvalue weighted by Crippen LogP contribution is 2.27. The summed E-state index contributed by atoms with van der Waals surface area (Å²) in [5.74, 6) is -1.48. The molecule has 0 fully saturated rings. The molecule has 0 amide bonds. The van der Waals surface area contributed by atoms with Crippen LogP contribution >= 0.6 is 0 Å². The molecule has 2 N–H and O–H groups in total. The number of pyridine rings is 1. The lowest BCUT2D eigenvalue weighted by Crippen LogP contribution is -2.38. The standard InChI is InChI=1S/C23H25F4N3O2/c1-13-9-19(32-12-15-16(24)5-4-6-17(15)25)22-29-14(2)21(30(22)11-13)18(31)7-8-23(3,28)10-20(26)27/h4-6,9,11,20H,7-8,10,12,28H2,1-3H3. The summed E-state index contributed by atoms with van der Waals surface area (Å²) in [4.78, 5) is 17.3. The molecule has 1 unspecified atom stereocenters. The molecule has 0 aliphatic carbocycles. The van der Waals surface area contributed by atoms with E-state index in [9.17, 15) is 22.4 Å². The van der Waals surface area contributed by atoms with Crippen molar-refractivity contribution in [2.45, 2.75) is 58.6 Å². The average Bonchev–Trinajstić information content (AvgIpc) is 3.00. The summed E-state index contributed by atoms with van der Waals surface area (Å²) in [7, 11) is 0. The van der Waals surface area contributed by atoms with Gasteiger partial charge in [0.1, 0.15) is 23.9 Å². The molecule has 1 atom stereocenters. The minimum Gasteiger partial charge on any atom is -0.485 e. The lowest BCUT2D eigenvalue weighted by Gasteiger charge is -2.23. The zero-order valence-electron chi connectivity index (χ0n) is 18.1. The number of Topliss-reactive ketones (excluding diaryl/α,β-unsaturated/α-hetero) is 1. The van der Waals surface area contributed by atoms with Crippen molar-refractivity contribution in [1.82, 2.24) is 9.38 Å². The molecule has 0 spiro atoms. The van der Waals surface area contributed by atoms with Crippen LogP contribution < -0.4 is 10.5 Å². The highest BCUT2D eigenvalue weighted by Gasteiger charge is 2.27. The molecular weight excluding hydrogens is 426 g/mol. The number of aromatic nitrogens is 2. The second-order valence-corrected chi connectivity index (χ2v) is 8.28. The van der Waals surface area contributed by atoms with Gasteiger partial charge in [-0.2, -0.15) is 0 Å². The summed E-state index contributed by atoms with van der Waals surface area (Å²) < 4.78 is 60.5. The van der Waals surface area contributed by atoms with E-state index in [1.807, 2.05) is 0 Å². The van der Waals surface area contributed by atoms with Crippen molar-refractivity contribution in [3.63, 3.8) is 0 Å². The lowest BCUT2D eigenvalue weighted by molar-refractivity contribution is 0.0908. The fraction of sp³-hybridized carbons (Fsp3) is 0.391. The molecule has 9 heteroatoms. The fourth-order valence-corrected chi connectivity index (χ4v) is 3.59. The molecule has 2 aromatic heterocycles. The number of fused-ring (bicyclic) bond motifs is 1. The number of alkyl halides is 2. The number of nitrogens with zero attached hydrogens (tertiary/aromatic N) is 2. The topological polar surface area (TPSA) is 69.6 Å². The zero-order valence-corrected chi connectivity index (χ0v) is 18.1.